The molecule has 106 valence electrons. The van der Waals surface area contributed by atoms with E-state index in [4.69, 9.17) is 9.26 Å². The maximum absolute atomic E-state index is 5.48. The average molecular weight is 273 g/mol. The predicted molar refractivity (Wildman–Crippen MR) is 75.7 cm³/mol. The Morgan fingerprint density at radius 3 is 3.10 bits per heavy atom. The van der Waals surface area contributed by atoms with E-state index in [-0.39, 0.29) is 12.0 Å². The molecule has 0 aliphatic carbocycles. The van der Waals surface area contributed by atoms with Crippen LogP contribution >= 0.6 is 0 Å². The van der Waals surface area contributed by atoms with Gasteiger partial charge in [-0.1, -0.05) is 30.3 Å². The first-order chi connectivity index (χ1) is 9.83. The molecule has 0 saturated heterocycles. The minimum atomic E-state index is -0.0931. The molecule has 5 nitrogen and oxygen atoms in total. The lowest BCUT2D eigenvalue weighted by Crippen LogP contribution is -2.17. The molecule has 0 radical (unpaired) electrons. The average Bonchev–Trinajstić information content (AvgIpc) is 2.97. The summed E-state index contributed by atoms with van der Waals surface area (Å²) in [6, 6.07) is 8.28. The van der Waals surface area contributed by atoms with Crippen molar-refractivity contribution in [3.63, 3.8) is 0 Å². The number of rotatable bonds is 4. The molecular weight excluding hydrogens is 254 g/mol. The highest BCUT2D eigenvalue weighted by atomic mass is 16.5. The fourth-order valence-corrected chi connectivity index (χ4v) is 2.70. The van der Waals surface area contributed by atoms with E-state index in [2.05, 4.69) is 27.6 Å². The van der Waals surface area contributed by atoms with Crippen LogP contribution in [0.25, 0.3) is 0 Å². The first-order valence-corrected chi connectivity index (χ1v) is 7.02. The van der Waals surface area contributed by atoms with Crippen molar-refractivity contribution < 1.29 is 9.26 Å². The third-order valence-corrected chi connectivity index (χ3v) is 3.78. The molecule has 2 heterocycles. The van der Waals surface area contributed by atoms with Gasteiger partial charge in [-0.25, -0.2) is 0 Å². The van der Waals surface area contributed by atoms with Gasteiger partial charge < -0.3 is 14.6 Å². The molecule has 2 atom stereocenters. The number of nitrogens with one attached hydrogen (secondary N) is 1. The molecule has 1 aromatic carbocycles. The van der Waals surface area contributed by atoms with Crippen LogP contribution in [0.2, 0.25) is 0 Å². The number of methoxy groups -OCH3 is 1. The Morgan fingerprint density at radius 2 is 2.30 bits per heavy atom. The van der Waals surface area contributed by atoms with Crippen molar-refractivity contribution in [1.29, 1.82) is 0 Å². The lowest BCUT2D eigenvalue weighted by molar-refractivity contribution is 0.0903. The first kappa shape index (κ1) is 13.1. The highest BCUT2D eigenvalue weighted by molar-refractivity contribution is 5.56. The van der Waals surface area contributed by atoms with Crippen molar-refractivity contribution in [3.05, 3.63) is 41.5 Å². The third kappa shape index (κ3) is 2.29. The van der Waals surface area contributed by atoms with Crippen LogP contribution in [-0.2, 0) is 4.74 Å². The maximum atomic E-state index is 5.48. The SMILES string of the molecule is CCC(OC)c1noc(C2CCNc3ccccc32)n1. The summed E-state index contributed by atoms with van der Waals surface area (Å²) in [5.41, 5.74) is 2.38. The highest BCUT2D eigenvalue weighted by Gasteiger charge is 2.27. The topological polar surface area (TPSA) is 60.2 Å². The van der Waals surface area contributed by atoms with E-state index in [1.54, 1.807) is 7.11 Å². The second-order valence-corrected chi connectivity index (χ2v) is 4.98. The van der Waals surface area contributed by atoms with E-state index >= 15 is 0 Å². The number of nitrogens with zero attached hydrogens (tertiary/aromatic N) is 2. The normalized spacial score (nSPS) is 19.2. The van der Waals surface area contributed by atoms with E-state index in [1.807, 2.05) is 19.1 Å². The molecule has 0 saturated carbocycles. The lowest BCUT2D eigenvalue weighted by atomic mass is 9.91. The number of ether oxygens (including phenoxy) is 1. The summed E-state index contributed by atoms with van der Waals surface area (Å²) in [5, 5.41) is 7.47. The monoisotopic (exact) mass is 273 g/mol. The van der Waals surface area contributed by atoms with Gasteiger partial charge in [-0.2, -0.15) is 4.98 Å². The van der Waals surface area contributed by atoms with Crippen molar-refractivity contribution in [2.24, 2.45) is 0 Å². The maximum Gasteiger partial charge on any atom is 0.234 e. The van der Waals surface area contributed by atoms with Crippen molar-refractivity contribution in [2.45, 2.75) is 31.8 Å². The van der Waals surface area contributed by atoms with E-state index in [0.717, 1.165) is 25.1 Å². The van der Waals surface area contributed by atoms with Crippen LogP contribution in [0.1, 0.15) is 49.1 Å². The second-order valence-electron chi connectivity index (χ2n) is 4.98. The standard InChI is InChI=1S/C15H19N3O2/c1-3-13(19-2)14-17-15(20-18-14)11-8-9-16-12-7-5-4-6-10(11)12/h4-7,11,13,16H,3,8-9H2,1-2H3. The van der Waals surface area contributed by atoms with Crippen LogP contribution in [-0.4, -0.2) is 23.8 Å². The van der Waals surface area contributed by atoms with E-state index in [1.165, 1.54) is 5.56 Å². The number of hydrogen-bond donors (Lipinski definition) is 1. The van der Waals surface area contributed by atoms with Crippen molar-refractivity contribution in [1.82, 2.24) is 10.1 Å². The molecule has 1 aliphatic heterocycles. The van der Waals surface area contributed by atoms with Gasteiger partial charge in [-0.3, -0.25) is 0 Å². The molecule has 20 heavy (non-hydrogen) atoms. The number of aromatic nitrogens is 2. The van der Waals surface area contributed by atoms with Crippen molar-refractivity contribution in [3.8, 4) is 0 Å². The fraction of sp³-hybridized carbons (Fsp3) is 0.467. The van der Waals surface area contributed by atoms with Crippen LogP contribution in [0, 0.1) is 0 Å². The van der Waals surface area contributed by atoms with Crippen LogP contribution in [0.5, 0.6) is 0 Å². The molecule has 0 fully saturated rings. The van der Waals surface area contributed by atoms with E-state index in [9.17, 15) is 0 Å². The molecule has 1 aliphatic rings. The highest BCUT2D eigenvalue weighted by Crippen LogP contribution is 2.35. The number of fused-ring (bicyclic) bond motifs is 1. The molecule has 1 aromatic heterocycles. The summed E-state index contributed by atoms with van der Waals surface area (Å²) in [5.74, 6) is 1.49. The van der Waals surface area contributed by atoms with Gasteiger partial charge in [-0.05, 0) is 24.5 Å². The van der Waals surface area contributed by atoms with Gasteiger partial charge in [0.2, 0.25) is 11.7 Å². The zero-order valence-electron chi connectivity index (χ0n) is 11.8. The molecular formula is C15H19N3O2. The number of para-hydroxylation sites is 1. The largest absolute Gasteiger partial charge is 0.385 e. The minimum Gasteiger partial charge on any atom is -0.385 e. The first-order valence-electron chi connectivity index (χ1n) is 7.02. The quantitative estimate of drug-likeness (QED) is 0.927. The number of anilines is 1. The Kier molecular flexibility index (Phi) is 3.69. The molecule has 0 amide bonds. The van der Waals surface area contributed by atoms with E-state index < -0.39 is 0 Å². The zero-order valence-corrected chi connectivity index (χ0v) is 11.8. The smallest absolute Gasteiger partial charge is 0.234 e. The Bertz CT molecular complexity index is 578. The van der Waals surface area contributed by atoms with Gasteiger partial charge in [0.1, 0.15) is 6.10 Å². The van der Waals surface area contributed by atoms with Gasteiger partial charge in [0.15, 0.2) is 0 Å². The summed E-state index contributed by atoms with van der Waals surface area (Å²) in [6.45, 7) is 2.96. The van der Waals surface area contributed by atoms with Gasteiger partial charge in [0.25, 0.3) is 0 Å². The Labute approximate surface area is 118 Å². The van der Waals surface area contributed by atoms with Gasteiger partial charge in [0, 0.05) is 19.3 Å². The minimum absolute atomic E-state index is 0.0931. The molecule has 1 N–H and O–H groups in total. The summed E-state index contributed by atoms with van der Waals surface area (Å²) >= 11 is 0. The number of hydrogen-bond acceptors (Lipinski definition) is 5. The molecule has 0 bridgehead atoms. The lowest BCUT2D eigenvalue weighted by Gasteiger charge is -2.23. The second kappa shape index (κ2) is 5.63. The Balaban J connectivity index is 1.91. The van der Waals surface area contributed by atoms with Crippen molar-refractivity contribution >= 4 is 5.69 Å². The van der Waals surface area contributed by atoms with Crippen LogP contribution in [0.4, 0.5) is 5.69 Å². The van der Waals surface area contributed by atoms with Crippen LogP contribution < -0.4 is 5.32 Å². The Morgan fingerprint density at radius 1 is 1.45 bits per heavy atom. The third-order valence-electron chi connectivity index (χ3n) is 3.78. The van der Waals surface area contributed by atoms with Crippen LogP contribution in [0.15, 0.2) is 28.8 Å². The molecule has 2 aromatic rings. The zero-order chi connectivity index (χ0) is 13.9. The van der Waals surface area contributed by atoms with E-state index in [0.29, 0.717) is 11.7 Å². The summed E-state index contributed by atoms with van der Waals surface area (Å²) in [4.78, 5) is 4.54. The van der Waals surface area contributed by atoms with Gasteiger partial charge >= 0.3 is 0 Å². The number of benzene rings is 1. The van der Waals surface area contributed by atoms with Crippen LogP contribution in [0.3, 0.4) is 0 Å². The summed E-state index contributed by atoms with van der Waals surface area (Å²) in [6.07, 6.45) is 1.70. The summed E-state index contributed by atoms with van der Waals surface area (Å²) < 4.78 is 10.8. The predicted octanol–water partition coefficient (Wildman–Crippen LogP) is 3.11. The molecule has 0 spiro atoms. The summed E-state index contributed by atoms with van der Waals surface area (Å²) in [7, 11) is 1.67. The van der Waals surface area contributed by atoms with Gasteiger partial charge in [0.05, 0.1) is 5.92 Å². The molecule has 3 rings (SSSR count). The van der Waals surface area contributed by atoms with Gasteiger partial charge in [-0.15, -0.1) is 0 Å². The van der Waals surface area contributed by atoms with Crippen molar-refractivity contribution in [2.75, 3.05) is 19.0 Å². The Hall–Kier alpha value is -1.88. The molecule has 5 heteroatoms. The molecule has 2 unspecified atom stereocenters. The fourth-order valence-electron chi connectivity index (χ4n) is 2.70.